The Hall–Kier alpha value is -0.830. The molecule has 84 valence electrons. The maximum absolute atomic E-state index is 4.26. The Morgan fingerprint density at radius 2 is 2.33 bits per heavy atom. The summed E-state index contributed by atoms with van der Waals surface area (Å²) in [6.07, 6.45) is 6.94. The van der Waals surface area contributed by atoms with Crippen LogP contribution in [0.3, 0.4) is 0 Å². The van der Waals surface area contributed by atoms with Gasteiger partial charge in [0.1, 0.15) is 0 Å². The van der Waals surface area contributed by atoms with Gasteiger partial charge in [-0.1, -0.05) is 13.8 Å². The predicted octanol–water partition coefficient (Wildman–Crippen LogP) is 2.12. The summed E-state index contributed by atoms with van der Waals surface area (Å²) in [6.45, 7) is 5.55. The molecule has 2 atom stereocenters. The fraction of sp³-hybridized carbons (Fsp3) is 0.750. The van der Waals surface area contributed by atoms with E-state index in [1.54, 1.807) is 0 Å². The molecule has 1 aromatic rings. The molecule has 1 aliphatic carbocycles. The number of nitrogens with one attached hydrogen (secondary N) is 1. The second-order valence-corrected chi connectivity index (χ2v) is 4.68. The summed E-state index contributed by atoms with van der Waals surface area (Å²) in [5.74, 6) is 1.66. The highest BCUT2D eigenvalue weighted by Crippen LogP contribution is 2.42. The van der Waals surface area contributed by atoms with Gasteiger partial charge >= 0.3 is 0 Å². The highest BCUT2D eigenvalue weighted by atomic mass is 15.2. The van der Waals surface area contributed by atoms with E-state index in [-0.39, 0.29) is 0 Å². The Bertz CT molecular complexity index is 314. The third-order valence-electron chi connectivity index (χ3n) is 3.40. The van der Waals surface area contributed by atoms with Crippen LogP contribution >= 0.6 is 0 Å². The monoisotopic (exact) mass is 207 g/mol. The topological polar surface area (TPSA) is 29.9 Å². The van der Waals surface area contributed by atoms with Gasteiger partial charge in [-0.3, -0.25) is 4.68 Å². The Balaban J connectivity index is 2.10. The van der Waals surface area contributed by atoms with Crippen molar-refractivity contribution in [2.24, 2.45) is 18.9 Å². The number of hydrogen-bond acceptors (Lipinski definition) is 2. The van der Waals surface area contributed by atoms with Crippen molar-refractivity contribution in [1.82, 2.24) is 15.1 Å². The van der Waals surface area contributed by atoms with E-state index in [2.05, 4.69) is 30.5 Å². The van der Waals surface area contributed by atoms with Gasteiger partial charge in [0.25, 0.3) is 0 Å². The summed E-state index contributed by atoms with van der Waals surface area (Å²) in [5, 5.41) is 7.84. The van der Waals surface area contributed by atoms with E-state index in [0.29, 0.717) is 6.04 Å². The number of nitrogens with zero attached hydrogens (tertiary/aromatic N) is 2. The van der Waals surface area contributed by atoms with Gasteiger partial charge in [0.15, 0.2) is 0 Å². The molecule has 0 saturated heterocycles. The van der Waals surface area contributed by atoms with E-state index in [1.807, 2.05) is 17.9 Å². The van der Waals surface area contributed by atoms with Crippen molar-refractivity contribution >= 4 is 0 Å². The average molecular weight is 207 g/mol. The van der Waals surface area contributed by atoms with Crippen LogP contribution in [0.1, 0.15) is 38.3 Å². The molecule has 1 N–H and O–H groups in total. The van der Waals surface area contributed by atoms with Crippen LogP contribution in [0.5, 0.6) is 0 Å². The molecule has 1 fully saturated rings. The summed E-state index contributed by atoms with van der Waals surface area (Å²) < 4.78 is 1.89. The number of aromatic nitrogens is 2. The van der Waals surface area contributed by atoms with Crippen LogP contribution < -0.4 is 5.32 Å². The van der Waals surface area contributed by atoms with Gasteiger partial charge < -0.3 is 5.32 Å². The molecular weight excluding hydrogens is 186 g/mol. The van der Waals surface area contributed by atoms with Crippen molar-refractivity contribution < 1.29 is 0 Å². The summed E-state index contributed by atoms with van der Waals surface area (Å²) >= 11 is 0. The molecule has 0 spiro atoms. The molecule has 2 unspecified atom stereocenters. The van der Waals surface area contributed by atoms with Gasteiger partial charge in [-0.05, 0) is 31.2 Å². The first kappa shape index (κ1) is 10.7. The first-order valence-corrected chi connectivity index (χ1v) is 5.94. The van der Waals surface area contributed by atoms with Crippen molar-refractivity contribution in [3.05, 3.63) is 18.0 Å². The number of hydrogen-bond donors (Lipinski definition) is 1. The molecule has 15 heavy (non-hydrogen) atoms. The molecule has 1 heterocycles. The van der Waals surface area contributed by atoms with E-state index < -0.39 is 0 Å². The van der Waals surface area contributed by atoms with Crippen molar-refractivity contribution in [3.63, 3.8) is 0 Å². The average Bonchev–Trinajstić information content (AvgIpc) is 2.98. The van der Waals surface area contributed by atoms with Gasteiger partial charge in [-0.25, -0.2) is 0 Å². The first-order chi connectivity index (χ1) is 7.22. The standard InChI is InChI=1S/C12H21N3/c1-4-13-12(9(2)10-5-6-10)11-7-14-15(3)8-11/h7-10,12-13H,4-6H2,1-3H3. The highest BCUT2D eigenvalue weighted by Gasteiger charge is 2.33. The summed E-state index contributed by atoms with van der Waals surface area (Å²) in [5.41, 5.74) is 1.33. The van der Waals surface area contributed by atoms with Crippen molar-refractivity contribution in [3.8, 4) is 0 Å². The normalized spacial score (nSPS) is 20.2. The third-order valence-corrected chi connectivity index (χ3v) is 3.40. The van der Waals surface area contributed by atoms with Gasteiger partial charge in [-0.15, -0.1) is 0 Å². The van der Waals surface area contributed by atoms with E-state index in [4.69, 9.17) is 0 Å². The van der Waals surface area contributed by atoms with Crippen LogP contribution in [-0.4, -0.2) is 16.3 Å². The predicted molar refractivity (Wildman–Crippen MR) is 61.5 cm³/mol. The van der Waals surface area contributed by atoms with Crippen molar-refractivity contribution in [2.45, 2.75) is 32.7 Å². The lowest BCUT2D eigenvalue weighted by Crippen LogP contribution is -2.27. The Morgan fingerprint density at radius 1 is 1.60 bits per heavy atom. The Morgan fingerprint density at radius 3 is 2.80 bits per heavy atom. The Labute approximate surface area is 91.9 Å². The van der Waals surface area contributed by atoms with Crippen LogP contribution in [0.2, 0.25) is 0 Å². The van der Waals surface area contributed by atoms with Gasteiger partial charge in [0.05, 0.1) is 6.20 Å². The largest absolute Gasteiger partial charge is 0.310 e. The van der Waals surface area contributed by atoms with Crippen LogP contribution in [0.4, 0.5) is 0 Å². The second-order valence-electron chi connectivity index (χ2n) is 4.68. The van der Waals surface area contributed by atoms with Gasteiger partial charge in [0.2, 0.25) is 0 Å². The first-order valence-electron chi connectivity index (χ1n) is 5.94. The van der Waals surface area contributed by atoms with Gasteiger partial charge in [-0.2, -0.15) is 5.10 Å². The van der Waals surface area contributed by atoms with E-state index in [0.717, 1.165) is 18.4 Å². The van der Waals surface area contributed by atoms with E-state index in [1.165, 1.54) is 18.4 Å². The molecule has 0 amide bonds. The van der Waals surface area contributed by atoms with E-state index >= 15 is 0 Å². The zero-order chi connectivity index (χ0) is 10.8. The third kappa shape index (κ3) is 2.40. The molecule has 1 aliphatic rings. The zero-order valence-corrected chi connectivity index (χ0v) is 9.90. The lowest BCUT2D eigenvalue weighted by molar-refractivity contribution is 0.355. The Kier molecular flexibility index (Phi) is 3.10. The minimum Gasteiger partial charge on any atom is -0.310 e. The quantitative estimate of drug-likeness (QED) is 0.801. The molecule has 3 heteroatoms. The second kappa shape index (κ2) is 4.35. The maximum Gasteiger partial charge on any atom is 0.0537 e. The van der Waals surface area contributed by atoms with Crippen molar-refractivity contribution in [1.29, 1.82) is 0 Å². The molecule has 1 aromatic heterocycles. The minimum atomic E-state index is 0.483. The molecule has 1 saturated carbocycles. The number of aryl methyl sites for hydroxylation is 1. The van der Waals surface area contributed by atoms with Crippen LogP contribution in [0, 0.1) is 11.8 Å². The molecule has 0 radical (unpaired) electrons. The smallest absolute Gasteiger partial charge is 0.0537 e. The summed E-state index contributed by atoms with van der Waals surface area (Å²) in [7, 11) is 1.98. The van der Waals surface area contributed by atoms with Crippen molar-refractivity contribution in [2.75, 3.05) is 6.54 Å². The number of rotatable bonds is 5. The molecule has 3 nitrogen and oxygen atoms in total. The maximum atomic E-state index is 4.26. The molecule has 0 aromatic carbocycles. The van der Waals surface area contributed by atoms with Crippen LogP contribution in [-0.2, 0) is 7.05 Å². The van der Waals surface area contributed by atoms with E-state index in [9.17, 15) is 0 Å². The SMILES string of the molecule is CCNC(c1cnn(C)c1)C(C)C1CC1. The van der Waals surface area contributed by atoms with Gasteiger partial charge in [0, 0.05) is 24.8 Å². The van der Waals surface area contributed by atoms with Crippen LogP contribution in [0.15, 0.2) is 12.4 Å². The fourth-order valence-corrected chi connectivity index (χ4v) is 2.32. The molecule has 0 aliphatic heterocycles. The van der Waals surface area contributed by atoms with Crippen LogP contribution in [0.25, 0.3) is 0 Å². The zero-order valence-electron chi connectivity index (χ0n) is 9.90. The molecule has 0 bridgehead atoms. The minimum absolute atomic E-state index is 0.483. The summed E-state index contributed by atoms with van der Waals surface area (Å²) in [4.78, 5) is 0. The fourth-order valence-electron chi connectivity index (χ4n) is 2.32. The summed E-state index contributed by atoms with van der Waals surface area (Å²) in [6, 6.07) is 0.483. The highest BCUT2D eigenvalue weighted by molar-refractivity contribution is 5.12. The molecule has 2 rings (SSSR count). The lowest BCUT2D eigenvalue weighted by atomic mass is 9.92. The molecular formula is C12H21N3. The lowest BCUT2D eigenvalue weighted by Gasteiger charge is -2.23.